The van der Waals surface area contributed by atoms with E-state index in [-0.39, 0.29) is 11.3 Å². The molecule has 0 radical (unpaired) electrons. The Balaban J connectivity index is 2.76. The summed E-state index contributed by atoms with van der Waals surface area (Å²) in [5.41, 5.74) is 7.14. The monoisotopic (exact) mass is 278 g/mol. The Bertz CT molecular complexity index is 477. The first-order valence-corrected chi connectivity index (χ1v) is 6.81. The number of hydrogen-bond donors (Lipinski definition) is 2. The topological polar surface area (TPSA) is 55.1 Å². The molecular weight excluding hydrogens is 256 g/mol. The summed E-state index contributed by atoms with van der Waals surface area (Å²) in [4.78, 5) is 12.3. The van der Waals surface area contributed by atoms with Gasteiger partial charge in [0.2, 0.25) is 5.91 Å². The lowest BCUT2D eigenvalue weighted by atomic mass is 9.80. The summed E-state index contributed by atoms with van der Waals surface area (Å²) in [5, 5.41) is 2.89. The lowest BCUT2D eigenvalue weighted by Gasteiger charge is -2.26. The van der Waals surface area contributed by atoms with Crippen molar-refractivity contribution in [3.05, 3.63) is 29.8 Å². The fourth-order valence-electron chi connectivity index (χ4n) is 1.59. The van der Waals surface area contributed by atoms with Crippen molar-refractivity contribution in [1.82, 2.24) is 0 Å². The number of rotatable bonds is 4. The molecule has 0 fully saturated rings. The van der Waals surface area contributed by atoms with Gasteiger partial charge in [-0.1, -0.05) is 52.0 Å². The Hall–Kier alpha value is -1.42. The highest BCUT2D eigenvalue weighted by molar-refractivity contribution is 7.80. The van der Waals surface area contributed by atoms with Gasteiger partial charge >= 0.3 is 0 Å². The first kappa shape index (κ1) is 15.6. The second-order valence-corrected chi connectivity index (χ2v) is 6.37. The van der Waals surface area contributed by atoms with Crippen molar-refractivity contribution in [2.24, 2.45) is 17.1 Å². The summed E-state index contributed by atoms with van der Waals surface area (Å²) >= 11 is 4.98. The molecule has 1 aromatic rings. The average Bonchev–Trinajstić information content (AvgIpc) is 2.27. The van der Waals surface area contributed by atoms with E-state index in [1.54, 1.807) is 0 Å². The first-order chi connectivity index (χ1) is 8.71. The van der Waals surface area contributed by atoms with Crippen LogP contribution in [0.1, 0.15) is 39.7 Å². The summed E-state index contributed by atoms with van der Waals surface area (Å²) in [5.74, 6) is 0.288. The second-order valence-electron chi connectivity index (χ2n) is 5.93. The third-order valence-electron chi connectivity index (χ3n) is 3.44. The number of amides is 1. The van der Waals surface area contributed by atoms with Crippen LogP contribution in [0.15, 0.2) is 24.3 Å². The Morgan fingerprint density at radius 3 is 2.47 bits per heavy atom. The van der Waals surface area contributed by atoms with E-state index < -0.39 is 0 Å². The van der Waals surface area contributed by atoms with Crippen molar-refractivity contribution >= 4 is 28.8 Å². The minimum absolute atomic E-state index is 0.00822. The SMILES string of the molecule is CC(CC(=O)Nc1ccccc1C(N)=S)C(C)(C)C. The van der Waals surface area contributed by atoms with Gasteiger partial charge in [0, 0.05) is 12.0 Å². The fraction of sp³-hybridized carbons (Fsp3) is 0.467. The van der Waals surface area contributed by atoms with Crippen molar-refractivity contribution in [1.29, 1.82) is 0 Å². The van der Waals surface area contributed by atoms with Crippen LogP contribution in [-0.2, 0) is 4.79 Å². The standard InChI is InChI=1S/C15H22N2OS/c1-10(15(2,3)4)9-13(18)17-12-8-6-5-7-11(12)14(16)19/h5-8,10H,9H2,1-4H3,(H2,16,19)(H,17,18). The Labute approximate surface area is 120 Å². The van der Waals surface area contributed by atoms with Crippen LogP contribution in [0, 0.1) is 11.3 Å². The maximum absolute atomic E-state index is 12.0. The minimum atomic E-state index is -0.00822. The molecule has 1 atom stereocenters. The summed E-state index contributed by atoms with van der Waals surface area (Å²) in [6.45, 7) is 8.48. The van der Waals surface area contributed by atoms with Crippen molar-refractivity contribution < 1.29 is 4.79 Å². The first-order valence-electron chi connectivity index (χ1n) is 6.40. The molecular formula is C15H22N2OS. The number of nitrogens with two attached hydrogens (primary N) is 1. The molecule has 104 valence electrons. The fourth-order valence-corrected chi connectivity index (χ4v) is 1.77. The van der Waals surface area contributed by atoms with Crippen molar-refractivity contribution in [2.75, 3.05) is 5.32 Å². The lowest BCUT2D eigenvalue weighted by Crippen LogP contribution is -2.24. The molecule has 3 N–H and O–H groups in total. The van der Waals surface area contributed by atoms with Gasteiger partial charge in [0.15, 0.2) is 0 Å². The number of para-hydroxylation sites is 1. The number of carbonyl (C=O) groups excluding carboxylic acids is 1. The molecule has 3 nitrogen and oxygen atoms in total. The quantitative estimate of drug-likeness (QED) is 0.831. The van der Waals surface area contributed by atoms with E-state index in [1.807, 2.05) is 24.3 Å². The highest BCUT2D eigenvalue weighted by Crippen LogP contribution is 2.28. The normalized spacial score (nSPS) is 12.8. The maximum Gasteiger partial charge on any atom is 0.224 e. The molecule has 0 heterocycles. The summed E-state index contributed by atoms with van der Waals surface area (Å²) in [6, 6.07) is 7.33. The van der Waals surface area contributed by atoms with Crippen LogP contribution in [0.2, 0.25) is 0 Å². The molecule has 0 aliphatic heterocycles. The molecule has 0 spiro atoms. The van der Waals surface area contributed by atoms with Crippen LogP contribution in [-0.4, -0.2) is 10.9 Å². The highest BCUT2D eigenvalue weighted by Gasteiger charge is 2.22. The molecule has 0 saturated carbocycles. The Morgan fingerprint density at radius 1 is 1.37 bits per heavy atom. The van der Waals surface area contributed by atoms with Gasteiger partial charge < -0.3 is 11.1 Å². The number of hydrogen-bond acceptors (Lipinski definition) is 2. The van der Waals surface area contributed by atoms with Gasteiger partial charge in [0.1, 0.15) is 4.99 Å². The summed E-state index contributed by atoms with van der Waals surface area (Å²) < 4.78 is 0. The van der Waals surface area contributed by atoms with Gasteiger partial charge in [-0.3, -0.25) is 4.79 Å². The molecule has 0 aromatic heterocycles. The zero-order valence-electron chi connectivity index (χ0n) is 12.0. The molecule has 0 saturated heterocycles. The van der Waals surface area contributed by atoms with Crippen molar-refractivity contribution in [3.63, 3.8) is 0 Å². The van der Waals surface area contributed by atoms with Crippen LogP contribution >= 0.6 is 12.2 Å². The van der Waals surface area contributed by atoms with Crippen LogP contribution in [0.5, 0.6) is 0 Å². The number of anilines is 1. The number of carbonyl (C=O) groups is 1. The van der Waals surface area contributed by atoms with E-state index in [9.17, 15) is 4.79 Å². The predicted octanol–water partition coefficient (Wildman–Crippen LogP) is 3.33. The minimum Gasteiger partial charge on any atom is -0.389 e. The van der Waals surface area contributed by atoms with Gasteiger partial charge in [0.25, 0.3) is 0 Å². The van der Waals surface area contributed by atoms with Crippen molar-refractivity contribution in [3.8, 4) is 0 Å². The molecule has 19 heavy (non-hydrogen) atoms. The Kier molecular flexibility index (Phi) is 5.06. The zero-order chi connectivity index (χ0) is 14.6. The third-order valence-corrected chi connectivity index (χ3v) is 3.66. The molecule has 1 amide bonds. The molecule has 1 unspecified atom stereocenters. The summed E-state index contributed by atoms with van der Waals surface area (Å²) in [7, 11) is 0. The van der Waals surface area contributed by atoms with Crippen LogP contribution in [0.4, 0.5) is 5.69 Å². The molecule has 1 aromatic carbocycles. The molecule has 1 rings (SSSR count). The van der Waals surface area contributed by atoms with E-state index >= 15 is 0 Å². The van der Waals surface area contributed by atoms with E-state index in [4.69, 9.17) is 18.0 Å². The number of thiocarbonyl (C=S) groups is 1. The highest BCUT2D eigenvalue weighted by atomic mass is 32.1. The van der Waals surface area contributed by atoms with Crippen LogP contribution < -0.4 is 11.1 Å². The van der Waals surface area contributed by atoms with E-state index in [1.165, 1.54) is 0 Å². The van der Waals surface area contributed by atoms with Gasteiger partial charge in [-0.05, 0) is 23.5 Å². The maximum atomic E-state index is 12.0. The third kappa shape index (κ3) is 4.63. The Morgan fingerprint density at radius 2 is 1.95 bits per heavy atom. The lowest BCUT2D eigenvalue weighted by molar-refractivity contribution is -0.117. The molecule has 0 bridgehead atoms. The van der Waals surface area contributed by atoms with Crippen LogP contribution in [0.25, 0.3) is 0 Å². The largest absolute Gasteiger partial charge is 0.389 e. The van der Waals surface area contributed by atoms with E-state index in [0.717, 1.165) is 0 Å². The predicted molar refractivity (Wildman–Crippen MR) is 84.2 cm³/mol. The number of benzene rings is 1. The molecule has 0 aliphatic carbocycles. The smallest absolute Gasteiger partial charge is 0.224 e. The average molecular weight is 278 g/mol. The van der Waals surface area contributed by atoms with E-state index in [2.05, 4.69) is 33.0 Å². The van der Waals surface area contributed by atoms with Gasteiger partial charge in [0.05, 0.1) is 5.69 Å². The van der Waals surface area contributed by atoms with Gasteiger partial charge in [-0.25, -0.2) is 0 Å². The molecule has 4 heteroatoms. The summed E-state index contributed by atoms with van der Waals surface area (Å²) in [6.07, 6.45) is 0.481. The molecule has 0 aliphatic rings. The van der Waals surface area contributed by atoms with Gasteiger partial charge in [-0.15, -0.1) is 0 Å². The van der Waals surface area contributed by atoms with E-state index in [0.29, 0.717) is 28.6 Å². The number of nitrogens with one attached hydrogen (secondary N) is 1. The second kappa shape index (κ2) is 6.15. The van der Waals surface area contributed by atoms with Gasteiger partial charge in [-0.2, -0.15) is 0 Å². The van der Waals surface area contributed by atoms with Crippen LogP contribution in [0.3, 0.4) is 0 Å². The zero-order valence-corrected chi connectivity index (χ0v) is 12.8. The van der Waals surface area contributed by atoms with Crippen molar-refractivity contribution in [2.45, 2.75) is 34.1 Å².